The highest BCUT2D eigenvalue weighted by Crippen LogP contribution is 2.43. The topological polar surface area (TPSA) is 98.0 Å². The Kier molecular flexibility index (Phi) is 4.51. The van der Waals surface area contributed by atoms with E-state index in [1.165, 1.54) is 12.1 Å². The highest BCUT2D eigenvalue weighted by molar-refractivity contribution is 5.93. The van der Waals surface area contributed by atoms with Gasteiger partial charge in [0, 0.05) is 12.0 Å². The van der Waals surface area contributed by atoms with Crippen LogP contribution in [0.5, 0.6) is 11.5 Å². The number of amides is 1. The first kappa shape index (κ1) is 17.5. The number of carbonyl (C=O) groups excluding carboxylic acids is 1. The number of rotatable bonds is 5. The molecule has 7 heteroatoms. The van der Waals surface area contributed by atoms with Crippen molar-refractivity contribution in [2.45, 2.75) is 31.1 Å². The number of benzene rings is 1. The van der Waals surface area contributed by atoms with E-state index in [1.54, 1.807) is 0 Å². The van der Waals surface area contributed by atoms with Crippen LogP contribution in [-0.4, -0.2) is 36.7 Å². The maximum Gasteiger partial charge on any atom is 0.371 e. The molecule has 7 nitrogen and oxygen atoms in total. The smallest absolute Gasteiger partial charge is 0.371 e. The summed E-state index contributed by atoms with van der Waals surface area (Å²) in [4.78, 5) is 23.3. The van der Waals surface area contributed by atoms with E-state index in [1.807, 2.05) is 18.2 Å². The minimum Gasteiger partial charge on any atom is -0.486 e. The van der Waals surface area contributed by atoms with Crippen molar-refractivity contribution < 1.29 is 28.6 Å². The molecule has 4 rings (SSSR count). The largest absolute Gasteiger partial charge is 0.486 e. The molecule has 1 aromatic carbocycles. The van der Waals surface area contributed by atoms with Gasteiger partial charge in [-0.05, 0) is 42.7 Å². The summed E-state index contributed by atoms with van der Waals surface area (Å²) in [7, 11) is 0. The lowest BCUT2D eigenvalue weighted by atomic mass is 9.78. The molecule has 142 valence electrons. The van der Waals surface area contributed by atoms with Gasteiger partial charge in [-0.25, -0.2) is 4.79 Å². The molecule has 0 spiro atoms. The lowest BCUT2D eigenvalue weighted by Crippen LogP contribution is -2.39. The number of furan rings is 1. The van der Waals surface area contributed by atoms with E-state index in [4.69, 9.17) is 19.0 Å². The van der Waals surface area contributed by atoms with E-state index in [2.05, 4.69) is 5.32 Å². The summed E-state index contributed by atoms with van der Waals surface area (Å²) in [5, 5.41) is 11.8. The first-order valence-electron chi connectivity index (χ1n) is 9.09. The number of carbonyl (C=O) groups is 2. The van der Waals surface area contributed by atoms with Crippen LogP contribution in [0.2, 0.25) is 0 Å². The van der Waals surface area contributed by atoms with Crippen molar-refractivity contribution in [1.82, 2.24) is 5.32 Å². The first-order chi connectivity index (χ1) is 13.1. The number of aromatic carboxylic acids is 1. The molecule has 0 bridgehead atoms. The lowest BCUT2D eigenvalue weighted by Gasteiger charge is -2.31. The fourth-order valence-electron chi connectivity index (χ4n) is 3.90. The standard InChI is InChI=1S/C20H21NO6/c22-18(15-5-6-16(27-15)19(23)24)21-12-20(7-1-2-8-20)13-3-4-14-17(11-13)26-10-9-25-14/h3-6,11H,1-2,7-10,12H2,(H,21,22)(H,23,24). The van der Waals surface area contributed by atoms with Gasteiger partial charge in [-0.1, -0.05) is 18.9 Å². The zero-order valence-corrected chi connectivity index (χ0v) is 14.8. The van der Waals surface area contributed by atoms with Crippen LogP contribution in [0, 0.1) is 0 Å². The van der Waals surface area contributed by atoms with Gasteiger partial charge in [0.05, 0.1) is 0 Å². The van der Waals surface area contributed by atoms with Crippen LogP contribution in [0.1, 0.15) is 52.4 Å². The molecule has 1 aliphatic heterocycles. The van der Waals surface area contributed by atoms with Gasteiger partial charge in [-0.2, -0.15) is 0 Å². The Hall–Kier alpha value is -2.96. The zero-order chi connectivity index (χ0) is 18.9. The van der Waals surface area contributed by atoms with Gasteiger partial charge >= 0.3 is 5.97 Å². The van der Waals surface area contributed by atoms with Crippen molar-refractivity contribution in [2.75, 3.05) is 19.8 Å². The van der Waals surface area contributed by atoms with Crippen LogP contribution in [0.4, 0.5) is 0 Å². The van der Waals surface area contributed by atoms with Gasteiger partial charge < -0.3 is 24.3 Å². The molecule has 2 aromatic rings. The lowest BCUT2D eigenvalue weighted by molar-refractivity contribution is 0.0659. The number of ether oxygens (including phenoxy) is 2. The van der Waals surface area contributed by atoms with Crippen LogP contribution in [0.25, 0.3) is 0 Å². The average molecular weight is 371 g/mol. The summed E-state index contributed by atoms with van der Waals surface area (Å²) < 4.78 is 16.4. The molecular weight excluding hydrogens is 350 g/mol. The number of hydrogen-bond acceptors (Lipinski definition) is 5. The number of hydrogen-bond donors (Lipinski definition) is 2. The molecule has 27 heavy (non-hydrogen) atoms. The van der Waals surface area contributed by atoms with E-state index < -0.39 is 11.9 Å². The summed E-state index contributed by atoms with van der Waals surface area (Å²) in [6, 6.07) is 8.65. The van der Waals surface area contributed by atoms with Crippen molar-refractivity contribution in [3.8, 4) is 11.5 Å². The second-order valence-electron chi connectivity index (χ2n) is 7.00. The average Bonchev–Trinajstić information content (AvgIpc) is 3.36. The summed E-state index contributed by atoms with van der Waals surface area (Å²) >= 11 is 0. The molecule has 1 aliphatic carbocycles. The van der Waals surface area contributed by atoms with Crippen LogP contribution < -0.4 is 14.8 Å². The van der Waals surface area contributed by atoms with Gasteiger partial charge in [0.1, 0.15) is 13.2 Å². The van der Waals surface area contributed by atoms with Gasteiger partial charge in [0.25, 0.3) is 5.91 Å². The van der Waals surface area contributed by atoms with Crippen molar-refractivity contribution >= 4 is 11.9 Å². The van der Waals surface area contributed by atoms with Gasteiger partial charge in [-0.3, -0.25) is 4.79 Å². The molecule has 2 N–H and O–H groups in total. The second kappa shape index (κ2) is 6.98. The SMILES string of the molecule is O=C(O)c1ccc(C(=O)NCC2(c3ccc4c(c3)OCCO4)CCCC2)o1. The molecule has 2 heterocycles. The van der Waals surface area contributed by atoms with Gasteiger partial charge in [-0.15, -0.1) is 0 Å². The van der Waals surface area contributed by atoms with Crippen molar-refractivity contribution in [2.24, 2.45) is 0 Å². The molecule has 2 aliphatic rings. The Labute approximate surface area is 156 Å². The minimum absolute atomic E-state index is 0.00252. The highest BCUT2D eigenvalue weighted by Gasteiger charge is 2.37. The summed E-state index contributed by atoms with van der Waals surface area (Å²) in [5.74, 6) is -0.360. The number of fused-ring (bicyclic) bond motifs is 1. The number of carboxylic acids is 1. The molecule has 1 fully saturated rings. The predicted molar refractivity (Wildman–Crippen MR) is 95.6 cm³/mol. The van der Waals surface area contributed by atoms with Crippen molar-refractivity contribution in [3.63, 3.8) is 0 Å². The zero-order valence-electron chi connectivity index (χ0n) is 14.8. The Morgan fingerprint density at radius 3 is 2.41 bits per heavy atom. The molecular formula is C20H21NO6. The minimum atomic E-state index is -1.20. The van der Waals surface area contributed by atoms with Crippen LogP contribution in [0.3, 0.4) is 0 Å². The quantitative estimate of drug-likeness (QED) is 0.838. The second-order valence-corrected chi connectivity index (χ2v) is 7.00. The molecule has 1 saturated carbocycles. The number of carboxylic acid groups (broad SMARTS) is 1. The van der Waals surface area contributed by atoms with Crippen LogP contribution in [-0.2, 0) is 5.41 Å². The van der Waals surface area contributed by atoms with Gasteiger partial charge in [0.15, 0.2) is 17.3 Å². The molecule has 0 atom stereocenters. The Balaban J connectivity index is 1.52. The van der Waals surface area contributed by atoms with E-state index in [0.29, 0.717) is 19.8 Å². The third kappa shape index (κ3) is 3.37. The maximum atomic E-state index is 12.4. The Bertz CT molecular complexity index is 865. The molecule has 1 amide bonds. The van der Waals surface area contributed by atoms with Gasteiger partial charge in [0.2, 0.25) is 5.76 Å². The van der Waals surface area contributed by atoms with E-state index in [9.17, 15) is 9.59 Å². The van der Waals surface area contributed by atoms with E-state index in [0.717, 1.165) is 42.7 Å². The molecule has 0 saturated heterocycles. The third-order valence-corrected chi connectivity index (χ3v) is 5.34. The monoisotopic (exact) mass is 371 g/mol. The predicted octanol–water partition coefficient (Wildman–Crippen LogP) is 2.99. The van der Waals surface area contributed by atoms with Crippen LogP contribution in [0.15, 0.2) is 34.7 Å². The first-order valence-corrected chi connectivity index (χ1v) is 9.09. The fraction of sp³-hybridized carbons (Fsp3) is 0.400. The third-order valence-electron chi connectivity index (χ3n) is 5.34. The Morgan fingerprint density at radius 1 is 1.00 bits per heavy atom. The highest BCUT2D eigenvalue weighted by atomic mass is 16.6. The summed E-state index contributed by atoms with van der Waals surface area (Å²) in [6.45, 7) is 1.54. The summed E-state index contributed by atoms with van der Waals surface area (Å²) in [6.07, 6.45) is 4.11. The normalized spacial score (nSPS) is 17.5. The van der Waals surface area contributed by atoms with Crippen molar-refractivity contribution in [3.05, 3.63) is 47.4 Å². The Morgan fingerprint density at radius 2 is 1.70 bits per heavy atom. The fourth-order valence-corrected chi connectivity index (χ4v) is 3.90. The molecule has 0 unspecified atom stereocenters. The van der Waals surface area contributed by atoms with E-state index >= 15 is 0 Å². The summed E-state index contributed by atoms with van der Waals surface area (Å²) in [5.41, 5.74) is 0.948. The van der Waals surface area contributed by atoms with Crippen molar-refractivity contribution in [1.29, 1.82) is 0 Å². The van der Waals surface area contributed by atoms with Crippen LogP contribution >= 0.6 is 0 Å². The molecule has 0 radical (unpaired) electrons. The maximum absolute atomic E-state index is 12.4. The van der Waals surface area contributed by atoms with E-state index in [-0.39, 0.29) is 16.9 Å². The number of nitrogens with one attached hydrogen (secondary N) is 1. The molecule has 1 aromatic heterocycles.